The van der Waals surface area contributed by atoms with Gasteiger partial charge in [-0.15, -0.1) is 0 Å². The molecule has 0 aliphatic heterocycles. The van der Waals surface area contributed by atoms with Gasteiger partial charge in [0.25, 0.3) is 0 Å². The summed E-state index contributed by atoms with van der Waals surface area (Å²) in [7, 11) is -4.27. The van der Waals surface area contributed by atoms with Gasteiger partial charge in [0.05, 0.1) is 42.6 Å². The first kappa shape index (κ1) is 22.8. The second kappa shape index (κ2) is 10.2. The number of carbonyl (C=O) groups excluding carboxylic acids is 3. The Morgan fingerprint density at radius 3 is 2.30 bits per heavy atom. The Morgan fingerprint density at radius 2 is 1.74 bits per heavy atom. The number of sulfonamides is 1. The van der Waals surface area contributed by atoms with Gasteiger partial charge in [-0.25, -0.2) is 18.4 Å². The fourth-order valence-electron chi connectivity index (χ4n) is 1.91. The minimum absolute atomic E-state index is 0.0612. The maximum absolute atomic E-state index is 12.0. The molecule has 0 fully saturated rings. The predicted octanol–water partition coefficient (Wildman–Crippen LogP) is 0.255. The molecule has 10 nitrogen and oxygen atoms in total. The third kappa shape index (κ3) is 7.13. The fraction of sp³-hybridized carbons (Fsp3) is 0.400. The SMILES string of the molecule is CCOC(=O)CNCC(=O)Nc1cc(C(=O)OCC)cc(S(N)(=O)=O)c1Cl. The Balaban J connectivity index is 3.01. The van der Waals surface area contributed by atoms with Crippen LogP contribution in [-0.2, 0) is 29.1 Å². The van der Waals surface area contributed by atoms with Crippen LogP contribution in [0.3, 0.4) is 0 Å². The van der Waals surface area contributed by atoms with E-state index in [4.69, 9.17) is 26.2 Å². The molecule has 0 atom stereocenters. The molecule has 1 aromatic rings. The molecule has 0 bridgehead atoms. The highest BCUT2D eigenvalue weighted by molar-refractivity contribution is 7.89. The third-order valence-electron chi connectivity index (χ3n) is 2.99. The molecule has 0 aliphatic carbocycles. The van der Waals surface area contributed by atoms with Gasteiger partial charge in [0.15, 0.2) is 0 Å². The van der Waals surface area contributed by atoms with Crippen molar-refractivity contribution in [2.24, 2.45) is 5.14 Å². The molecule has 1 aromatic carbocycles. The first-order chi connectivity index (χ1) is 12.6. The second-order valence-electron chi connectivity index (χ2n) is 5.06. The molecule has 0 radical (unpaired) electrons. The molecule has 0 spiro atoms. The molecule has 0 aromatic heterocycles. The van der Waals surface area contributed by atoms with E-state index in [1.54, 1.807) is 13.8 Å². The van der Waals surface area contributed by atoms with E-state index in [0.717, 1.165) is 12.1 Å². The summed E-state index contributed by atoms with van der Waals surface area (Å²) >= 11 is 6.00. The summed E-state index contributed by atoms with van der Waals surface area (Å²) in [6.45, 7) is 3.01. The van der Waals surface area contributed by atoms with Crippen molar-refractivity contribution in [2.45, 2.75) is 18.7 Å². The van der Waals surface area contributed by atoms with Crippen LogP contribution in [0.4, 0.5) is 5.69 Å². The van der Waals surface area contributed by atoms with E-state index in [1.807, 2.05) is 0 Å². The minimum atomic E-state index is -4.27. The van der Waals surface area contributed by atoms with Crippen LogP contribution in [0.1, 0.15) is 24.2 Å². The minimum Gasteiger partial charge on any atom is -0.465 e. The number of rotatable bonds is 9. The van der Waals surface area contributed by atoms with Crippen molar-refractivity contribution in [1.29, 1.82) is 0 Å². The standard InChI is InChI=1S/C15H20ClN3O7S/c1-3-25-13(21)8-18-7-12(20)19-10-5-9(15(22)26-4-2)6-11(14(10)16)27(17,23)24/h5-6,18H,3-4,7-8H2,1-2H3,(H,19,20)(H2,17,23,24). The van der Waals surface area contributed by atoms with Gasteiger partial charge in [0.1, 0.15) is 4.90 Å². The molecule has 0 saturated carbocycles. The number of anilines is 1. The lowest BCUT2D eigenvalue weighted by atomic mass is 10.2. The maximum atomic E-state index is 12.0. The average Bonchev–Trinajstić information content (AvgIpc) is 2.56. The Morgan fingerprint density at radius 1 is 1.11 bits per heavy atom. The number of nitrogens with two attached hydrogens (primary N) is 1. The third-order valence-corrected chi connectivity index (χ3v) is 4.45. The van der Waals surface area contributed by atoms with Crippen molar-refractivity contribution in [1.82, 2.24) is 5.32 Å². The molecule has 0 unspecified atom stereocenters. The van der Waals surface area contributed by atoms with Crippen LogP contribution < -0.4 is 15.8 Å². The van der Waals surface area contributed by atoms with Crippen molar-refractivity contribution in [2.75, 3.05) is 31.6 Å². The number of amides is 1. The maximum Gasteiger partial charge on any atom is 0.338 e. The Labute approximate surface area is 161 Å². The normalized spacial score (nSPS) is 11.0. The van der Waals surface area contributed by atoms with Crippen LogP contribution >= 0.6 is 11.6 Å². The lowest BCUT2D eigenvalue weighted by molar-refractivity contribution is -0.141. The molecule has 1 amide bonds. The van der Waals surface area contributed by atoms with Gasteiger partial charge in [-0.3, -0.25) is 14.9 Å². The summed E-state index contributed by atoms with van der Waals surface area (Å²) < 4.78 is 32.9. The number of hydrogen-bond donors (Lipinski definition) is 3. The number of benzene rings is 1. The number of nitrogens with one attached hydrogen (secondary N) is 2. The predicted molar refractivity (Wildman–Crippen MR) is 96.9 cm³/mol. The monoisotopic (exact) mass is 421 g/mol. The highest BCUT2D eigenvalue weighted by Gasteiger charge is 2.22. The van der Waals surface area contributed by atoms with Crippen LogP contribution in [0.5, 0.6) is 0 Å². The first-order valence-corrected chi connectivity index (χ1v) is 9.72. The Kier molecular flexibility index (Phi) is 8.63. The molecule has 150 valence electrons. The van der Waals surface area contributed by atoms with E-state index in [-0.39, 0.29) is 42.6 Å². The van der Waals surface area contributed by atoms with Gasteiger partial charge in [-0.2, -0.15) is 0 Å². The number of primary sulfonamides is 1. The van der Waals surface area contributed by atoms with Gasteiger partial charge in [0, 0.05) is 0 Å². The van der Waals surface area contributed by atoms with Gasteiger partial charge >= 0.3 is 11.9 Å². The fourth-order valence-corrected chi connectivity index (χ4v) is 3.04. The molecule has 0 saturated heterocycles. The second-order valence-corrected chi connectivity index (χ2v) is 6.97. The summed E-state index contributed by atoms with van der Waals surface area (Å²) in [6, 6.07) is 2.13. The Hall–Kier alpha value is -2.21. The summed E-state index contributed by atoms with van der Waals surface area (Å²) in [5.41, 5.74) is -0.297. The molecular weight excluding hydrogens is 402 g/mol. The molecular formula is C15H20ClN3O7S. The van der Waals surface area contributed by atoms with E-state index in [9.17, 15) is 22.8 Å². The van der Waals surface area contributed by atoms with Gasteiger partial charge in [0.2, 0.25) is 15.9 Å². The molecule has 1 rings (SSSR count). The first-order valence-electron chi connectivity index (χ1n) is 7.79. The summed E-state index contributed by atoms with van der Waals surface area (Å²) in [6.07, 6.45) is 0. The van der Waals surface area contributed by atoms with Crippen LogP contribution in [0.15, 0.2) is 17.0 Å². The number of halogens is 1. The number of hydrogen-bond acceptors (Lipinski definition) is 8. The highest BCUT2D eigenvalue weighted by atomic mass is 35.5. The van der Waals surface area contributed by atoms with E-state index in [0.29, 0.717) is 0 Å². The van der Waals surface area contributed by atoms with Crippen molar-refractivity contribution >= 4 is 45.2 Å². The van der Waals surface area contributed by atoms with Crippen LogP contribution in [0, 0.1) is 0 Å². The average molecular weight is 422 g/mol. The number of carbonyl (C=O) groups is 3. The number of ether oxygens (including phenoxy) is 2. The highest BCUT2D eigenvalue weighted by Crippen LogP contribution is 2.31. The van der Waals surface area contributed by atoms with Crippen molar-refractivity contribution < 1.29 is 32.3 Å². The zero-order valence-electron chi connectivity index (χ0n) is 14.7. The van der Waals surface area contributed by atoms with E-state index in [1.165, 1.54) is 0 Å². The molecule has 0 aliphatic rings. The summed E-state index contributed by atoms with van der Waals surface area (Å²) in [5, 5.41) is 9.64. The van der Waals surface area contributed by atoms with Gasteiger partial charge in [-0.05, 0) is 26.0 Å². The van der Waals surface area contributed by atoms with Crippen molar-refractivity contribution in [3.63, 3.8) is 0 Å². The van der Waals surface area contributed by atoms with E-state index in [2.05, 4.69) is 10.6 Å². The summed E-state index contributed by atoms with van der Waals surface area (Å²) in [4.78, 5) is 34.6. The topological polar surface area (TPSA) is 154 Å². The number of esters is 2. The lowest BCUT2D eigenvalue weighted by Crippen LogP contribution is -2.33. The largest absolute Gasteiger partial charge is 0.465 e. The van der Waals surface area contributed by atoms with Gasteiger partial charge < -0.3 is 14.8 Å². The van der Waals surface area contributed by atoms with Crippen LogP contribution in [0.2, 0.25) is 5.02 Å². The molecule has 0 heterocycles. The quantitative estimate of drug-likeness (QED) is 0.479. The lowest BCUT2D eigenvalue weighted by Gasteiger charge is -2.13. The summed E-state index contributed by atoms with van der Waals surface area (Å²) in [5.74, 6) is -1.98. The van der Waals surface area contributed by atoms with Crippen LogP contribution in [-0.4, -0.2) is 52.6 Å². The Bertz CT molecular complexity index is 827. The van der Waals surface area contributed by atoms with Crippen molar-refractivity contribution in [3.05, 3.63) is 22.7 Å². The smallest absolute Gasteiger partial charge is 0.338 e. The molecule has 12 heteroatoms. The van der Waals surface area contributed by atoms with Crippen molar-refractivity contribution in [3.8, 4) is 0 Å². The van der Waals surface area contributed by atoms with Crippen LogP contribution in [0.25, 0.3) is 0 Å². The molecule has 27 heavy (non-hydrogen) atoms. The van der Waals surface area contributed by atoms with Gasteiger partial charge in [-0.1, -0.05) is 11.6 Å². The van der Waals surface area contributed by atoms with E-state index >= 15 is 0 Å². The molecule has 4 N–H and O–H groups in total. The zero-order valence-corrected chi connectivity index (χ0v) is 16.3. The van der Waals surface area contributed by atoms with E-state index < -0.39 is 32.8 Å². The zero-order chi connectivity index (χ0) is 20.6.